The third-order valence-corrected chi connectivity index (χ3v) is 4.54. The number of aliphatic hydroxyl groups is 1. The highest BCUT2D eigenvalue weighted by atomic mass is 16.4. The molecule has 108 valence electrons. The van der Waals surface area contributed by atoms with Crippen molar-refractivity contribution in [2.24, 2.45) is 11.3 Å². The number of likely N-dealkylation sites (tertiary alicyclic amines) is 1. The summed E-state index contributed by atoms with van der Waals surface area (Å²) in [5, 5.41) is 22.1. The molecule has 19 heavy (non-hydrogen) atoms. The Balaban J connectivity index is 2.24. The van der Waals surface area contributed by atoms with Crippen molar-refractivity contribution in [3.05, 3.63) is 0 Å². The van der Waals surface area contributed by atoms with Gasteiger partial charge >= 0.3 is 5.97 Å². The molecule has 0 aliphatic carbocycles. The van der Waals surface area contributed by atoms with E-state index in [1.54, 1.807) is 0 Å². The lowest BCUT2D eigenvalue weighted by atomic mass is 9.75. The molecule has 2 rings (SSSR count). The summed E-state index contributed by atoms with van der Waals surface area (Å²) >= 11 is 0. The Morgan fingerprint density at radius 3 is 2.58 bits per heavy atom. The zero-order chi connectivity index (χ0) is 14.2. The summed E-state index contributed by atoms with van der Waals surface area (Å²) in [6.45, 7) is 5.48. The number of amides is 1. The molecule has 2 saturated heterocycles. The van der Waals surface area contributed by atoms with E-state index in [1.807, 2.05) is 13.8 Å². The Bertz CT molecular complexity index is 377. The van der Waals surface area contributed by atoms with Gasteiger partial charge in [0, 0.05) is 19.5 Å². The average molecular weight is 270 g/mol. The number of hydrogen-bond donors (Lipinski definition) is 3. The SMILES string of the molecule is CC(C)C1(C(=O)N2CC(O)CC2C(=O)O)CCNC1. The minimum Gasteiger partial charge on any atom is -0.480 e. The Hall–Kier alpha value is -1.14. The average Bonchev–Trinajstić information content (AvgIpc) is 2.94. The minimum atomic E-state index is -1.03. The van der Waals surface area contributed by atoms with E-state index in [1.165, 1.54) is 4.90 Å². The smallest absolute Gasteiger partial charge is 0.326 e. The molecule has 0 aromatic carbocycles. The van der Waals surface area contributed by atoms with Gasteiger partial charge in [0.1, 0.15) is 6.04 Å². The number of carbonyl (C=O) groups excluding carboxylic acids is 1. The standard InChI is InChI=1S/C13H22N2O4/c1-8(2)13(3-4-14-7-13)12(19)15-6-9(16)5-10(15)11(17)18/h8-10,14,16H,3-7H2,1-2H3,(H,17,18). The fourth-order valence-electron chi connectivity index (χ4n) is 3.19. The molecule has 3 N–H and O–H groups in total. The van der Waals surface area contributed by atoms with Gasteiger partial charge in [-0.3, -0.25) is 4.79 Å². The van der Waals surface area contributed by atoms with Crippen LogP contribution in [-0.4, -0.2) is 58.8 Å². The largest absolute Gasteiger partial charge is 0.480 e. The van der Waals surface area contributed by atoms with E-state index < -0.39 is 23.5 Å². The summed E-state index contributed by atoms with van der Waals surface area (Å²) in [7, 11) is 0. The third-order valence-electron chi connectivity index (χ3n) is 4.54. The first-order chi connectivity index (χ1) is 8.88. The summed E-state index contributed by atoms with van der Waals surface area (Å²) in [6, 6.07) is -0.890. The summed E-state index contributed by atoms with van der Waals surface area (Å²) in [4.78, 5) is 25.4. The molecule has 2 heterocycles. The van der Waals surface area contributed by atoms with Crippen LogP contribution >= 0.6 is 0 Å². The highest BCUT2D eigenvalue weighted by Crippen LogP contribution is 2.38. The topological polar surface area (TPSA) is 89.9 Å². The van der Waals surface area contributed by atoms with Gasteiger partial charge < -0.3 is 20.4 Å². The fourth-order valence-corrected chi connectivity index (χ4v) is 3.19. The van der Waals surface area contributed by atoms with Crippen molar-refractivity contribution in [1.29, 1.82) is 0 Å². The van der Waals surface area contributed by atoms with Gasteiger partial charge in [0.05, 0.1) is 11.5 Å². The van der Waals surface area contributed by atoms with Crippen molar-refractivity contribution in [3.8, 4) is 0 Å². The van der Waals surface area contributed by atoms with E-state index in [2.05, 4.69) is 5.32 Å². The summed E-state index contributed by atoms with van der Waals surface area (Å²) in [6.07, 6.45) is 0.120. The number of hydrogen-bond acceptors (Lipinski definition) is 4. The monoisotopic (exact) mass is 270 g/mol. The van der Waals surface area contributed by atoms with Crippen LogP contribution in [0.5, 0.6) is 0 Å². The second-order valence-electron chi connectivity index (χ2n) is 5.94. The first kappa shape index (κ1) is 14.3. The maximum absolute atomic E-state index is 12.8. The predicted molar refractivity (Wildman–Crippen MR) is 68.5 cm³/mol. The van der Waals surface area contributed by atoms with Crippen molar-refractivity contribution in [1.82, 2.24) is 10.2 Å². The lowest BCUT2D eigenvalue weighted by Crippen LogP contribution is -2.51. The molecular formula is C13H22N2O4. The lowest BCUT2D eigenvalue weighted by Gasteiger charge is -2.36. The molecule has 0 aromatic heterocycles. The predicted octanol–water partition coefficient (Wildman–Crippen LogP) is -0.331. The van der Waals surface area contributed by atoms with Crippen LogP contribution in [0.3, 0.4) is 0 Å². The molecule has 6 heteroatoms. The fraction of sp³-hybridized carbons (Fsp3) is 0.846. The second-order valence-corrected chi connectivity index (χ2v) is 5.94. The molecule has 0 radical (unpaired) electrons. The van der Waals surface area contributed by atoms with Crippen LogP contribution in [0.4, 0.5) is 0 Å². The van der Waals surface area contributed by atoms with Crippen molar-refractivity contribution in [2.45, 2.75) is 38.8 Å². The Morgan fingerprint density at radius 1 is 1.42 bits per heavy atom. The van der Waals surface area contributed by atoms with Crippen LogP contribution in [-0.2, 0) is 9.59 Å². The maximum atomic E-state index is 12.8. The van der Waals surface area contributed by atoms with Gasteiger partial charge in [-0.05, 0) is 18.9 Å². The number of carboxylic acids is 1. The van der Waals surface area contributed by atoms with E-state index in [-0.39, 0.29) is 24.8 Å². The molecule has 0 spiro atoms. The van der Waals surface area contributed by atoms with E-state index >= 15 is 0 Å². The molecule has 2 fully saturated rings. The summed E-state index contributed by atoms with van der Waals surface area (Å²) < 4.78 is 0. The third kappa shape index (κ3) is 2.34. The first-order valence-electron chi connectivity index (χ1n) is 6.81. The van der Waals surface area contributed by atoms with E-state index in [0.717, 1.165) is 13.0 Å². The van der Waals surface area contributed by atoms with Gasteiger partial charge in [-0.2, -0.15) is 0 Å². The Kier molecular flexibility index (Phi) is 3.82. The number of nitrogens with zero attached hydrogens (tertiary/aromatic N) is 1. The maximum Gasteiger partial charge on any atom is 0.326 e. The van der Waals surface area contributed by atoms with Gasteiger partial charge in [-0.25, -0.2) is 4.79 Å². The molecule has 2 aliphatic rings. The molecule has 1 amide bonds. The molecule has 0 aromatic rings. The van der Waals surface area contributed by atoms with Gasteiger partial charge in [0.25, 0.3) is 0 Å². The Labute approximate surface area is 112 Å². The molecule has 0 bridgehead atoms. The zero-order valence-electron chi connectivity index (χ0n) is 11.4. The van der Waals surface area contributed by atoms with Gasteiger partial charge in [-0.1, -0.05) is 13.8 Å². The van der Waals surface area contributed by atoms with Crippen molar-refractivity contribution in [2.75, 3.05) is 19.6 Å². The number of rotatable bonds is 3. The number of carboxylic acid groups (broad SMARTS) is 1. The highest BCUT2D eigenvalue weighted by molar-refractivity contribution is 5.89. The van der Waals surface area contributed by atoms with Crippen LogP contribution in [0, 0.1) is 11.3 Å². The molecule has 3 unspecified atom stereocenters. The number of aliphatic carboxylic acids is 1. The number of aliphatic hydroxyl groups excluding tert-OH is 1. The van der Waals surface area contributed by atoms with E-state index in [9.17, 15) is 19.8 Å². The Morgan fingerprint density at radius 2 is 2.11 bits per heavy atom. The minimum absolute atomic E-state index is 0.128. The number of carbonyl (C=O) groups is 2. The van der Waals surface area contributed by atoms with Gasteiger partial charge in [0.15, 0.2) is 0 Å². The van der Waals surface area contributed by atoms with Crippen molar-refractivity contribution in [3.63, 3.8) is 0 Å². The van der Waals surface area contributed by atoms with Crippen LogP contribution in [0.1, 0.15) is 26.7 Å². The van der Waals surface area contributed by atoms with E-state index in [0.29, 0.717) is 6.54 Å². The van der Waals surface area contributed by atoms with Gasteiger partial charge in [0.2, 0.25) is 5.91 Å². The normalized spacial score (nSPS) is 35.1. The second kappa shape index (κ2) is 5.09. The molecule has 2 aliphatic heterocycles. The quantitative estimate of drug-likeness (QED) is 0.653. The van der Waals surface area contributed by atoms with Crippen LogP contribution in [0.25, 0.3) is 0 Å². The molecular weight excluding hydrogens is 248 g/mol. The van der Waals surface area contributed by atoms with E-state index in [4.69, 9.17) is 0 Å². The van der Waals surface area contributed by atoms with Crippen LogP contribution < -0.4 is 5.32 Å². The summed E-state index contributed by atoms with van der Waals surface area (Å²) in [5.41, 5.74) is -0.530. The molecule has 6 nitrogen and oxygen atoms in total. The molecule has 3 atom stereocenters. The first-order valence-corrected chi connectivity index (χ1v) is 6.81. The molecule has 0 saturated carbocycles. The van der Waals surface area contributed by atoms with Crippen molar-refractivity contribution < 1.29 is 19.8 Å². The van der Waals surface area contributed by atoms with Crippen LogP contribution in [0.2, 0.25) is 0 Å². The zero-order valence-corrected chi connectivity index (χ0v) is 11.4. The van der Waals surface area contributed by atoms with Gasteiger partial charge in [-0.15, -0.1) is 0 Å². The van der Waals surface area contributed by atoms with Crippen molar-refractivity contribution >= 4 is 11.9 Å². The summed E-state index contributed by atoms with van der Waals surface area (Å²) in [5.74, 6) is -1.02. The van der Waals surface area contributed by atoms with Crippen LogP contribution in [0.15, 0.2) is 0 Å². The number of β-amino-alcohol motifs (C(OH)–C–C–N with tert-alkyl or cyclic N) is 1. The number of nitrogens with one attached hydrogen (secondary N) is 1. The highest BCUT2D eigenvalue weighted by Gasteiger charge is 2.50. The lowest BCUT2D eigenvalue weighted by molar-refractivity contribution is -0.154.